The second kappa shape index (κ2) is 7.11. The minimum Gasteiger partial charge on any atom is -0.375 e. The Morgan fingerprint density at radius 2 is 1.80 bits per heavy atom. The molecule has 0 fully saturated rings. The number of hydrogen-bond donors (Lipinski definition) is 2. The van der Waals surface area contributed by atoms with Crippen LogP contribution in [0.5, 0.6) is 0 Å². The lowest BCUT2D eigenvalue weighted by molar-refractivity contribution is -0.114. The number of hydrogen-bond acceptors (Lipinski definition) is 2. The SMILES string of the molecule is O=C(CNc1ccc(Br)cc1Br)Nc1ccc(Cl)cc1. The van der Waals surface area contributed by atoms with E-state index in [2.05, 4.69) is 42.5 Å². The molecule has 0 aromatic heterocycles. The maximum absolute atomic E-state index is 11.8. The van der Waals surface area contributed by atoms with Crippen LogP contribution in [0, 0.1) is 0 Å². The highest BCUT2D eigenvalue weighted by atomic mass is 79.9. The number of amides is 1. The molecule has 2 aromatic rings. The van der Waals surface area contributed by atoms with E-state index in [0.717, 1.165) is 20.3 Å². The third kappa shape index (κ3) is 4.51. The fourth-order valence-electron chi connectivity index (χ4n) is 1.55. The number of nitrogens with one attached hydrogen (secondary N) is 2. The van der Waals surface area contributed by atoms with E-state index in [1.165, 1.54) is 0 Å². The Labute approximate surface area is 139 Å². The summed E-state index contributed by atoms with van der Waals surface area (Å²) in [6.45, 7) is 0.183. The number of rotatable bonds is 4. The summed E-state index contributed by atoms with van der Waals surface area (Å²) in [6, 6.07) is 12.7. The molecule has 0 saturated heterocycles. The fraction of sp³-hybridized carbons (Fsp3) is 0.0714. The smallest absolute Gasteiger partial charge is 0.243 e. The van der Waals surface area contributed by atoms with Gasteiger partial charge in [-0.2, -0.15) is 0 Å². The zero-order valence-electron chi connectivity index (χ0n) is 10.3. The summed E-state index contributed by atoms with van der Waals surface area (Å²) < 4.78 is 1.87. The minimum atomic E-state index is -0.123. The molecule has 0 saturated carbocycles. The largest absolute Gasteiger partial charge is 0.375 e. The summed E-state index contributed by atoms with van der Waals surface area (Å²) in [5, 5.41) is 6.49. The van der Waals surface area contributed by atoms with Gasteiger partial charge in [0.2, 0.25) is 5.91 Å². The molecule has 0 radical (unpaired) electrons. The first-order chi connectivity index (χ1) is 9.54. The predicted octanol–water partition coefficient (Wildman–Crippen LogP) is 4.92. The van der Waals surface area contributed by atoms with Crippen molar-refractivity contribution in [1.29, 1.82) is 0 Å². The van der Waals surface area contributed by atoms with Gasteiger partial charge in [0, 0.05) is 25.3 Å². The van der Waals surface area contributed by atoms with Crippen molar-refractivity contribution in [2.45, 2.75) is 0 Å². The number of halogens is 3. The maximum atomic E-state index is 11.8. The maximum Gasteiger partial charge on any atom is 0.243 e. The normalized spacial score (nSPS) is 10.2. The van der Waals surface area contributed by atoms with Gasteiger partial charge in [0.15, 0.2) is 0 Å². The molecular formula is C14H11Br2ClN2O. The second-order valence-corrected chi connectivity index (χ2v) is 6.24. The molecule has 3 nitrogen and oxygen atoms in total. The first-order valence-electron chi connectivity index (χ1n) is 5.79. The third-order valence-corrected chi connectivity index (χ3v) is 3.90. The average Bonchev–Trinajstić information content (AvgIpc) is 2.40. The summed E-state index contributed by atoms with van der Waals surface area (Å²) in [4.78, 5) is 11.8. The van der Waals surface area contributed by atoms with Gasteiger partial charge in [-0.15, -0.1) is 0 Å². The van der Waals surface area contributed by atoms with Gasteiger partial charge in [-0.25, -0.2) is 0 Å². The van der Waals surface area contributed by atoms with Crippen LogP contribution in [0.25, 0.3) is 0 Å². The van der Waals surface area contributed by atoms with Crippen molar-refractivity contribution in [1.82, 2.24) is 0 Å². The topological polar surface area (TPSA) is 41.1 Å². The van der Waals surface area contributed by atoms with Crippen molar-refractivity contribution < 1.29 is 4.79 Å². The lowest BCUT2D eigenvalue weighted by atomic mass is 10.3. The molecule has 0 aliphatic rings. The summed E-state index contributed by atoms with van der Waals surface area (Å²) >= 11 is 12.6. The molecule has 20 heavy (non-hydrogen) atoms. The summed E-state index contributed by atoms with van der Waals surface area (Å²) in [5.74, 6) is -0.123. The van der Waals surface area contributed by atoms with Crippen molar-refractivity contribution in [3.8, 4) is 0 Å². The quantitative estimate of drug-likeness (QED) is 0.740. The number of anilines is 2. The molecule has 0 unspecified atom stereocenters. The van der Waals surface area contributed by atoms with Gasteiger partial charge in [0.05, 0.1) is 6.54 Å². The number of carbonyl (C=O) groups is 1. The van der Waals surface area contributed by atoms with Gasteiger partial charge in [0.1, 0.15) is 0 Å². The highest BCUT2D eigenvalue weighted by Gasteiger charge is 2.04. The van der Waals surface area contributed by atoms with Crippen molar-refractivity contribution in [2.75, 3.05) is 17.2 Å². The second-order valence-electron chi connectivity index (χ2n) is 4.03. The molecule has 0 aliphatic carbocycles. The van der Waals surface area contributed by atoms with Crippen molar-refractivity contribution in [3.05, 3.63) is 56.4 Å². The summed E-state index contributed by atoms with van der Waals surface area (Å²) in [6.07, 6.45) is 0. The summed E-state index contributed by atoms with van der Waals surface area (Å²) in [5.41, 5.74) is 1.58. The number of carbonyl (C=O) groups excluding carboxylic acids is 1. The Hall–Kier alpha value is -1.04. The van der Waals surface area contributed by atoms with Gasteiger partial charge in [-0.3, -0.25) is 4.79 Å². The van der Waals surface area contributed by atoms with Crippen LogP contribution in [-0.4, -0.2) is 12.5 Å². The molecule has 0 bridgehead atoms. The molecule has 104 valence electrons. The van der Waals surface area contributed by atoms with Crippen LogP contribution in [0.15, 0.2) is 51.4 Å². The third-order valence-electron chi connectivity index (χ3n) is 2.50. The molecule has 0 heterocycles. The lowest BCUT2D eigenvalue weighted by Crippen LogP contribution is -2.21. The Morgan fingerprint density at radius 3 is 2.45 bits per heavy atom. The zero-order valence-corrected chi connectivity index (χ0v) is 14.2. The Morgan fingerprint density at radius 1 is 1.10 bits per heavy atom. The van der Waals surface area contributed by atoms with Gasteiger partial charge in [0.25, 0.3) is 0 Å². The highest BCUT2D eigenvalue weighted by molar-refractivity contribution is 9.11. The van der Waals surface area contributed by atoms with Crippen LogP contribution in [0.4, 0.5) is 11.4 Å². The van der Waals surface area contributed by atoms with Crippen molar-refractivity contribution >= 4 is 60.7 Å². The summed E-state index contributed by atoms with van der Waals surface area (Å²) in [7, 11) is 0. The molecule has 6 heteroatoms. The fourth-order valence-corrected chi connectivity index (χ4v) is 2.86. The predicted molar refractivity (Wildman–Crippen MR) is 90.4 cm³/mol. The van der Waals surface area contributed by atoms with E-state index in [9.17, 15) is 4.79 Å². The van der Waals surface area contributed by atoms with Gasteiger partial charge < -0.3 is 10.6 Å². The minimum absolute atomic E-state index is 0.123. The van der Waals surface area contributed by atoms with Gasteiger partial charge >= 0.3 is 0 Å². The molecule has 0 aliphatic heterocycles. The molecule has 0 atom stereocenters. The number of benzene rings is 2. The standard InChI is InChI=1S/C14H11Br2ClN2O/c15-9-1-6-13(12(16)7-9)18-8-14(20)19-11-4-2-10(17)3-5-11/h1-7,18H,8H2,(H,19,20). The Kier molecular flexibility index (Phi) is 5.46. The van der Waals surface area contributed by atoms with Gasteiger partial charge in [-0.05, 0) is 58.4 Å². The van der Waals surface area contributed by atoms with E-state index >= 15 is 0 Å². The van der Waals surface area contributed by atoms with Crippen LogP contribution in [0.1, 0.15) is 0 Å². The van der Waals surface area contributed by atoms with E-state index in [0.29, 0.717) is 5.02 Å². The van der Waals surface area contributed by atoms with Crippen LogP contribution >= 0.6 is 43.5 Å². The van der Waals surface area contributed by atoms with Crippen molar-refractivity contribution in [3.63, 3.8) is 0 Å². The lowest BCUT2D eigenvalue weighted by Gasteiger charge is -2.09. The van der Waals surface area contributed by atoms with E-state index in [1.807, 2.05) is 18.2 Å². The molecule has 0 spiro atoms. The van der Waals surface area contributed by atoms with E-state index in [4.69, 9.17) is 11.6 Å². The van der Waals surface area contributed by atoms with E-state index in [1.54, 1.807) is 24.3 Å². The molecule has 2 aromatic carbocycles. The monoisotopic (exact) mass is 416 g/mol. The first-order valence-corrected chi connectivity index (χ1v) is 7.75. The molecule has 2 rings (SSSR count). The zero-order chi connectivity index (χ0) is 14.5. The van der Waals surface area contributed by atoms with Crippen LogP contribution in [0.2, 0.25) is 5.02 Å². The van der Waals surface area contributed by atoms with E-state index < -0.39 is 0 Å². The van der Waals surface area contributed by atoms with Crippen LogP contribution in [-0.2, 0) is 4.79 Å². The van der Waals surface area contributed by atoms with Crippen LogP contribution in [0.3, 0.4) is 0 Å². The highest BCUT2D eigenvalue weighted by Crippen LogP contribution is 2.25. The van der Waals surface area contributed by atoms with Crippen LogP contribution < -0.4 is 10.6 Å². The average molecular weight is 419 g/mol. The Bertz CT molecular complexity index is 617. The van der Waals surface area contributed by atoms with Crippen molar-refractivity contribution in [2.24, 2.45) is 0 Å². The Balaban J connectivity index is 1.90. The van der Waals surface area contributed by atoms with Gasteiger partial charge in [-0.1, -0.05) is 27.5 Å². The molecule has 1 amide bonds. The van der Waals surface area contributed by atoms with E-state index in [-0.39, 0.29) is 12.5 Å². The molecule has 2 N–H and O–H groups in total. The first kappa shape index (κ1) is 15.4. The molecular weight excluding hydrogens is 407 g/mol.